The predicted molar refractivity (Wildman–Crippen MR) is 94.7 cm³/mol. The lowest BCUT2D eigenvalue weighted by atomic mass is 9.98. The molecule has 0 aliphatic rings. The third kappa shape index (κ3) is 7.13. The zero-order chi connectivity index (χ0) is 16.8. The van der Waals surface area contributed by atoms with Crippen molar-refractivity contribution in [1.82, 2.24) is 4.90 Å². The molecule has 0 aromatic heterocycles. The second kappa shape index (κ2) is 8.39. The minimum atomic E-state index is 0.0000587. The molecule has 0 saturated heterocycles. The van der Waals surface area contributed by atoms with Crippen molar-refractivity contribution in [3.63, 3.8) is 0 Å². The normalized spacial score (nSPS) is 11.6. The van der Waals surface area contributed by atoms with Gasteiger partial charge < -0.3 is 0 Å². The topological polar surface area (TPSA) is 20.3 Å². The van der Waals surface area contributed by atoms with Gasteiger partial charge in [0.15, 0.2) is 5.78 Å². The molecule has 1 aromatic carbocycles. The molecule has 0 radical (unpaired) electrons. The van der Waals surface area contributed by atoms with E-state index in [1.165, 1.54) is 0 Å². The average Bonchev–Trinajstić information content (AvgIpc) is 2.40. The fraction of sp³-hybridized carbons (Fsp3) is 0.389. The van der Waals surface area contributed by atoms with Gasteiger partial charge in [-0.15, -0.1) is 0 Å². The number of carbonyl (C=O) groups excluding carboxylic acids is 1. The van der Waals surface area contributed by atoms with Crippen molar-refractivity contribution in [3.8, 4) is 11.8 Å². The molecule has 0 aliphatic heterocycles. The first-order valence-electron chi connectivity index (χ1n) is 7.03. The molecule has 0 bridgehead atoms. The van der Waals surface area contributed by atoms with Crippen LogP contribution in [0.3, 0.4) is 0 Å². The average molecular weight is 338 g/mol. The van der Waals surface area contributed by atoms with Crippen LogP contribution in [0.25, 0.3) is 0 Å². The Kier molecular flexibility index (Phi) is 7.16. The van der Waals surface area contributed by atoms with Crippen LogP contribution in [0.15, 0.2) is 30.4 Å². The Morgan fingerprint density at radius 3 is 2.55 bits per heavy atom. The fourth-order valence-electron chi connectivity index (χ4n) is 1.62. The van der Waals surface area contributed by atoms with Gasteiger partial charge in [0.05, 0.1) is 16.6 Å². The van der Waals surface area contributed by atoms with E-state index >= 15 is 0 Å². The van der Waals surface area contributed by atoms with Crippen molar-refractivity contribution in [2.45, 2.75) is 20.8 Å². The first kappa shape index (κ1) is 18.8. The quantitative estimate of drug-likeness (QED) is 0.572. The summed E-state index contributed by atoms with van der Waals surface area (Å²) >= 11 is 11.8. The Bertz CT molecular complexity index is 618. The van der Waals surface area contributed by atoms with Crippen molar-refractivity contribution in [2.75, 3.05) is 20.1 Å². The molecule has 0 spiro atoms. The molecule has 118 valence electrons. The number of rotatable bonds is 5. The lowest BCUT2D eigenvalue weighted by molar-refractivity contribution is 0.0952. The lowest BCUT2D eigenvalue weighted by Gasteiger charge is -2.13. The van der Waals surface area contributed by atoms with Gasteiger partial charge >= 0.3 is 0 Å². The van der Waals surface area contributed by atoms with E-state index in [1.807, 2.05) is 24.1 Å². The monoisotopic (exact) mass is 337 g/mol. The number of allylic oxidation sites excluding steroid dienone is 1. The Labute approximate surface area is 143 Å². The van der Waals surface area contributed by atoms with E-state index in [4.69, 9.17) is 23.2 Å². The van der Waals surface area contributed by atoms with Crippen molar-refractivity contribution < 1.29 is 4.79 Å². The maximum Gasteiger partial charge on any atom is 0.176 e. The van der Waals surface area contributed by atoms with Crippen molar-refractivity contribution in [2.24, 2.45) is 5.41 Å². The molecule has 0 fully saturated rings. The van der Waals surface area contributed by atoms with Gasteiger partial charge in [-0.1, -0.05) is 41.1 Å². The van der Waals surface area contributed by atoms with Gasteiger partial charge in [0.2, 0.25) is 0 Å². The minimum Gasteiger partial charge on any atom is -0.295 e. The summed E-state index contributed by atoms with van der Waals surface area (Å²) < 4.78 is 0. The molecule has 1 aromatic rings. The van der Waals surface area contributed by atoms with Gasteiger partial charge in [0.1, 0.15) is 0 Å². The van der Waals surface area contributed by atoms with Crippen molar-refractivity contribution in [1.29, 1.82) is 0 Å². The van der Waals surface area contributed by atoms with Crippen LogP contribution < -0.4 is 0 Å². The number of hydrogen-bond donors (Lipinski definition) is 0. The van der Waals surface area contributed by atoms with Crippen LogP contribution in [0.5, 0.6) is 0 Å². The van der Waals surface area contributed by atoms with E-state index in [0.29, 0.717) is 28.7 Å². The summed E-state index contributed by atoms with van der Waals surface area (Å²) in [5.74, 6) is 6.14. The van der Waals surface area contributed by atoms with E-state index in [1.54, 1.807) is 18.2 Å². The number of benzene rings is 1. The van der Waals surface area contributed by atoms with Crippen LogP contribution in [-0.4, -0.2) is 30.8 Å². The van der Waals surface area contributed by atoms with Gasteiger partial charge in [-0.25, -0.2) is 0 Å². The Balaban J connectivity index is 2.52. The Hall–Kier alpha value is -1.27. The second-order valence-corrected chi connectivity index (χ2v) is 6.98. The molecular weight excluding hydrogens is 317 g/mol. The standard InChI is InChI=1S/C18H21Cl2NO/c1-18(2,3)10-6-5-7-11-21(4)13-17(22)14-8-9-15(19)16(20)12-14/h5,7-9,12H,11,13H2,1-4H3/b7-5+. The molecule has 4 heteroatoms. The van der Waals surface area contributed by atoms with Crippen LogP contribution in [0.2, 0.25) is 10.0 Å². The third-order valence-corrected chi connectivity index (χ3v) is 3.46. The summed E-state index contributed by atoms with van der Waals surface area (Å²) in [4.78, 5) is 14.1. The van der Waals surface area contributed by atoms with Crippen molar-refractivity contribution in [3.05, 3.63) is 46.0 Å². The highest BCUT2D eigenvalue weighted by atomic mass is 35.5. The SMILES string of the molecule is CN(C/C=C/C#CC(C)(C)C)CC(=O)c1ccc(Cl)c(Cl)c1. The van der Waals surface area contributed by atoms with Gasteiger partial charge in [0.25, 0.3) is 0 Å². The first-order valence-corrected chi connectivity index (χ1v) is 7.79. The van der Waals surface area contributed by atoms with E-state index in [2.05, 4.69) is 32.6 Å². The molecule has 0 atom stereocenters. The summed E-state index contributed by atoms with van der Waals surface area (Å²) in [7, 11) is 1.89. The number of hydrogen-bond acceptors (Lipinski definition) is 2. The smallest absolute Gasteiger partial charge is 0.176 e. The molecular formula is C18H21Cl2NO. The number of ketones is 1. The third-order valence-electron chi connectivity index (χ3n) is 2.72. The van der Waals surface area contributed by atoms with Crippen LogP contribution in [0, 0.1) is 17.3 Å². The highest BCUT2D eigenvalue weighted by Gasteiger charge is 2.10. The minimum absolute atomic E-state index is 0.0000587. The van der Waals surface area contributed by atoms with E-state index in [9.17, 15) is 4.79 Å². The molecule has 22 heavy (non-hydrogen) atoms. The summed E-state index contributed by atoms with van der Waals surface area (Å²) in [5, 5.41) is 0.847. The number of nitrogens with zero attached hydrogens (tertiary/aromatic N) is 1. The zero-order valence-electron chi connectivity index (χ0n) is 13.4. The van der Waals surface area contributed by atoms with E-state index in [-0.39, 0.29) is 11.2 Å². The van der Waals surface area contributed by atoms with Gasteiger partial charge in [-0.3, -0.25) is 9.69 Å². The van der Waals surface area contributed by atoms with Gasteiger partial charge in [0, 0.05) is 17.5 Å². The largest absolute Gasteiger partial charge is 0.295 e. The number of halogens is 2. The summed E-state index contributed by atoms with van der Waals surface area (Å²) in [5.41, 5.74) is 0.567. The second-order valence-electron chi connectivity index (χ2n) is 6.17. The molecule has 0 saturated carbocycles. The van der Waals surface area contributed by atoms with Crippen LogP contribution in [0.1, 0.15) is 31.1 Å². The lowest BCUT2D eigenvalue weighted by Crippen LogP contribution is -2.26. The molecule has 0 aliphatic carbocycles. The molecule has 0 heterocycles. The molecule has 2 nitrogen and oxygen atoms in total. The Morgan fingerprint density at radius 1 is 1.27 bits per heavy atom. The van der Waals surface area contributed by atoms with Crippen LogP contribution in [0.4, 0.5) is 0 Å². The van der Waals surface area contributed by atoms with Crippen molar-refractivity contribution >= 4 is 29.0 Å². The Morgan fingerprint density at radius 2 is 1.95 bits per heavy atom. The highest BCUT2D eigenvalue weighted by Crippen LogP contribution is 2.22. The molecule has 0 unspecified atom stereocenters. The maximum atomic E-state index is 12.1. The molecule has 0 amide bonds. The molecule has 0 N–H and O–H groups in total. The number of Topliss-reactive ketones (excluding diaryl/α,β-unsaturated/α-hetero) is 1. The van der Waals surface area contributed by atoms with Gasteiger partial charge in [-0.05, 0) is 52.1 Å². The summed E-state index contributed by atoms with van der Waals surface area (Å²) in [6.45, 7) is 7.17. The maximum absolute atomic E-state index is 12.1. The van der Waals surface area contributed by atoms with E-state index < -0.39 is 0 Å². The summed E-state index contributed by atoms with van der Waals surface area (Å²) in [6.07, 6.45) is 3.77. The summed E-state index contributed by atoms with van der Waals surface area (Å²) in [6, 6.07) is 4.93. The van der Waals surface area contributed by atoms with Crippen LogP contribution >= 0.6 is 23.2 Å². The number of carbonyl (C=O) groups is 1. The zero-order valence-corrected chi connectivity index (χ0v) is 14.9. The number of likely N-dealkylation sites (N-methyl/N-ethyl adjacent to an activating group) is 1. The predicted octanol–water partition coefficient (Wildman–Crippen LogP) is 4.71. The van der Waals surface area contributed by atoms with Crippen LogP contribution in [-0.2, 0) is 0 Å². The first-order chi connectivity index (χ1) is 10.2. The molecule has 1 rings (SSSR count). The van der Waals surface area contributed by atoms with E-state index in [0.717, 1.165) is 0 Å². The fourth-order valence-corrected chi connectivity index (χ4v) is 1.92. The van der Waals surface area contributed by atoms with Gasteiger partial charge in [-0.2, -0.15) is 0 Å². The highest BCUT2D eigenvalue weighted by molar-refractivity contribution is 6.42.